The molecule has 3 heterocycles. The zero-order chi connectivity index (χ0) is 16.2. The van der Waals surface area contributed by atoms with Crippen molar-refractivity contribution < 1.29 is 9.47 Å². The van der Waals surface area contributed by atoms with Crippen LogP contribution in [-0.4, -0.2) is 24.9 Å². The molecular formula is C19H20N2O2. The highest BCUT2D eigenvalue weighted by molar-refractivity contribution is 5.72. The van der Waals surface area contributed by atoms with E-state index in [4.69, 9.17) is 9.47 Å². The lowest BCUT2D eigenvalue weighted by molar-refractivity contribution is 0.0580. The predicted molar refractivity (Wildman–Crippen MR) is 91.1 cm³/mol. The van der Waals surface area contributed by atoms with Crippen molar-refractivity contribution in [1.29, 1.82) is 0 Å². The van der Waals surface area contributed by atoms with Gasteiger partial charge in [-0.15, -0.1) is 0 Å². The second-order valence-corrected chi connectivity index (χ2v) is 6.61. The topological polar surface area (TPSA) is 34.6 Å². The highest BCUT2D eigenvalue weighted by Gasteiger charge is 2.57. The molecule has 0 amide bonds. The van der Waals surface area contributed by atoms with Gasteiger partial charge in [0.25, 0.3) is 0 Å². The average Bonchev–Trinajstić information content (AvgIpc) is 2.73. The van der Waals surface area contributed by atoms with Gasteiger partial charge in [0.2, 0.25) is 5.72 Å². The largest absolute Gasteiger partial charge is 0.497 e. The van der Waals surface area contributed by atoms with E-state index in [1.54, 1.807) is 13.3 Å². The second kappa shape index (κ2) is 4.51. The van der Waals surface area contributed by atoms with Crippen LogP contribution in [0.3, 0.4) is 0 Å². The quantitative estimate of drug-likeness (QED) is 0.806. The van der Waals surface area contributed by atoms with E-state index in [0.29, 0.717) is 0 Å². The minimum Gasteiger partial charge on any atom is -0.497 e. The number of anilines is 1. The number of pyridine rings is 1. The summed E-state index contributed by atoms with van der Waals surface area (Å²) >= 11 is 0. The van der Waals surface area contributed by atoms with Crippen LogP contribution in [-0.2, 0) is 5.41 Å². The van der Waals surface area contributed by atoms with Crippen molar-refractivity contribution >= 4 is 11.8 Å². The minimum atomic E-state index is -0.559. The Balaban J connectivity index is 1.89. The van der Waals surface area contributed by atoms with Crippen LogP contribution in [0, 0.1) is 0 Å². The van der Waals surface area contributed by atoms with E-state index in [0.717, 1.165) is 22.7 Å². The SMILES string of the molecule is COc1ccc2c(c1)C(C)(C)C1(C=Cc3cnccc3O1)N2C. The Morgan fingerprint density at radius 3 is 2.83 bits per heavy atom. The van der Waals surface area contributed by atoms with Crippen molar-refractivity contribution in [3.8, 4) is 11.5 Å². The molecule has 2 aliphatic heterocycles. The Labute approximate surface area is 136 Å². The summed E-state index contributed by atoms with van der Waals surface area (Å²) in [6.45, 7) is 4.43. The molecule has 0 saturated heterocycles. The van der Waals surface area contributed by atoms with E-state index in [1.807, 2.05) is 18.3 Å². The molecule has 1 unspecified atom stereocenters. The highest BCUT2D eigenvalue weighted by atomic mass is 16.5. The van der Waals surface area contributed by atoms with Gasteiger partial charge in [0.1, 0.15) is 11.5 Å². The molecule has 0 aliphatic carbocycles. The van der Waals surface area contributed by atoms with E-state index in [1.165, 1.54) is 5.56 Å². The number of nitrogens with zero attached hydrogens (tertiary/aromatic N) is 2. The molecule has 1 spiro atoms. The zero-order valence-electron chi connectivity index (χ0n) is 13.8. The monoisotopic (exact) mass is 308 g/mol. The lowest BCUT2D eigenvalue weighted by atomic mass is 9.76. The normalized spacial score (nSPS) is 23.4. The molecule has 4 rings (SSSR count). The van der Waals surface area contributed by atoms with E-state index in [2.05, 4.69) is 55.1 Å². The Morgan fingerprint density at radius 1 is 1.22 bits per heavy atom. The Hall–Kier alpha value is -2.49. The maximum Gasteiger partial charge on any atom is 0.211 e. The molecule has 1 atom stereocenters. The van der Waals surface area contributed by atoms with E-state index >= 15 is 0 Å². The summed E-state index contributed by atoms with van der Waals surface area (Å²) in [5.41, 5.74) is 2.61. The first-order chi connectivity index (χ1) is 11.0. The minimum absolute atomic E-state index is 0.233. The van der Waals surface area contributed by atoms with Crippen molar-refractivity contribution in [1.82, 2.24) is 4.98 Å². The molecule has 4 nitrogen and oxygen atoms in total. The first kappa shape index (κ1) is 14.1. The summed E-state index contributed by atoms with van der Waals surface area (Å²) in [6.07, 6.45) is 7.84. The molecule has 0 N–H and O–H groups in total. The van der Waals surface area contributed by atoms with Gasteiger partial charge in [-0.1, -0.05) is 0 Å². The van der Waals surface area contributed by atoms with E-state index in [9.17, 15) is 0 Å². The van der Waals surface area contributed by atoms with Crippen molar-refractivity contribution in [3.05, 3.63) is 53.9 Å². The third-order valence-electron chi connectivity index (χ3n) is 5.20. The summed E-state index contributed by atoms with van der Waals surface area (Å²) in [4.78, 5) is 6.38. The van der Waals surface area contributed by atoms with Gasteiger partial charge >= 0.3 is 0 Å². The molecular weight excluding hydrogens is 288 g/mol. The van der Waals surface area contributed by atoms with Gasteiger partial charge in [-0.05, 0) is 55.8 Å². The smallest absolute Gasteiger partial charge is 0.211 e. The van der Waals surface area contributed by atoms with Crippen LogP contribution in [0.4, 0.5) is 5.69 Å². The van der Waals surface area contributed by atoms with Crippen LogP contribution in [0.2, 0.25) is 0 Å². The summed E-state index contributed by atoms with van der Waals surface area (Å²) in [7, 11) is 3.78. The zero-order valence-corrected chi connectivity index (χ0v) is 13.8. The van der Waals surface area contributed by atoms with Crippen LogP contribution in [0.25, 0.3) is 6.08 Å². The standard InChI is InChI=1S/C19H20N2O2/c1-18(2)15-11-14(22-4)5-6-16(15)21(3)19(18)9-7-13-12-20-10-8-17(13)23-19/h5-12H,1-4H3. The molecule has 0 saturated carbocycles. The number of hydrogen-bond acceptors (Lipinski definition) is 4. The van der Waals surface area contributed by atoms with E-state index < -0.39 is 5.72 Å². The van der Waals surface area contributed by atoms with Gasteiger partial charge in [-0.3, -0.25) is 4.98 Å². The van der Waals surface area contributed by atoms with Crippen LogP contribution < -0.4 is 14.4 Å². The fraction of sp³-hybridized carbons (Fsp3) is 0.316. The Morgan fingerprint density at radius 2 is 2.04 bits per heavy atom. The molecule has 23 heavy (non-hydrogen) atoms. The molecule has 2 aliphatic rings. The van der Waals surface area contributed by atoms with Crippen molar-refractivity contribution in [3.63, 3.8) is 0 Å². The van der Waals surface area contributed by atoms with Crippen LogP contribution in [0.15, 0.2) is 42.7 Å². The summed E-state index contributed by atoms with van der Waals surface area (Å²) < 4.78 is 11.9. The fourth-order valence-electron chi connectivity index (χ4n) is 3.76. The van der Waals surface area contributed by atoms with Crippen molar-refractivity contribution in [2.24, 2.45) is 0 Å². The number of fused-ring (bicyclic) bond motifs is 2. The van der Waals surface area contributed by atoms with Crippen LogP contribution in [0.5, 0.6) is 11.5 Å². The fourth-order valence-corrected chi connectivity index (χ4v) is 3.76. The maximum atomic E-state index is 6.52. The lowest BCUT2D eigenvalue weighted by Crippen LogP contribution is -2.58. The molecule has 2 aromatic rings. The second-order valence-electron chi connectivity index (χ2n) is 6.61. The molecule has 118 valence electrons. The number of aromatic nitrogens is 1. The third kappa shape index (κ3) is 1.69. The Kier molecular flexibility index (Phi) is 2.77. The molecule has 1 aromatic heterocycles. The average molecular weight is 308 g/mol. The van der Waals surface area contributed by atoms with Gasteiger partial charge < -0.3 is 14.4 Å². The lowest BCUT2D eigenvalue weighted by Gasteiger charge is -2.45. The number of rotatable bonds is 1. The summed E-state index contributed by atoms with van der Waals surface area (Å²) in [5.74, 6) is 1.73. The number of ether oxygens (including phenoxy) is 2. The number of methoxy groups -OCH3 is 1. The molecule has 1 aromatic carbocycles. The summed E-state index contributed by atoms with van der Waals surface area (Å²) in [5, 5.41) is 0. The van der Waals surface area contributed by atoms with E-state index in [-0.39, 0.29) is 5.41 Å². The first-order valence-electron chi connectivity index (χ1n) is 7.74. The molecule has 4 heteroatoms. The van der Waals surface area contributed by atoms with Gasteiger partial charge in [0.15, 0.2) is 0 Å². The number of likely N-dealkylation sites (N-methyl/N-ethyl adjacent to an activating group) is 1. The van der Waals surface area contributed by atoms with Gasteiger partial charge in [-0.25, -0.2) is 0 Å². The van der Waals surface area contributed by atoms with Gasteiger partial charge in [0, 0.05) is 30.7 Å². The summed E-state index contributed by atoms with van der Waals surface area (Å²) in [6, 6.07) is 8.13. The van der Waals surface area contributed by atoms with Gasteiger partial charge in [0.05, 0.1) is 12.5 Å². The van der Waals surface area contributed by atoms with Crippen molar-refractivity contribution in [2.75, 3.05) is 19.1 Å². The maximum absolute atomic E-state index is 6.52. The Bertz CT molecular complexity index is 813. The predicted octanol–water partition coefficient (Wildman–Crippen LogP) is 3.62. The molecule has 0 fully saturated rings. The number of hydrogen-bond donors (Lipinski definition) is 0. The number of benzene rings is 1. The molecule has 0 bridgehead atoms. The van der Waals surface area contributed by atoms with Crippen LogP contribution >= 0.6 is 0 Å². The molecule has 0 radical (unpaired) electrons. The highest BCUT2D eigenvalue weighted by Crippen LogP contribution is 2.54. The third-order valence-corrected chi connectivity index (χ3v) is 5.20. The van der Waals surface area contributed by atoms with Gasteiger partial charge in [-0.2, -0.15) is 0 Å². The first-order valence-corrected chi connectivity index (χ1v) is 7.74. The van der Waals surface area contributed by atoms with Crippen molar-refractivity contribution in [2.45, 2.75) is 25.0 Å². The van der Waals surface area contributed by atoms with Crippen LogP contribution in [0.1, 0.15) is 25.0 Å².